The van der Waals surface area contributed by atoms with Crippen molar-refractivity contribution < 1.29 is 14.3 Å². The van der Waals surface area contributed by atoms with Crippen LogP contribution in [0.4, 0.5) is 5.69 Å². The van der Waals surface area contributed by atoms with Crippen LogP contribution in [-0.4, -0.2) is 37.6 Å². The summed E-state index contributed by atoms with van der Waals surface area (Å²) in [6.07, 6.45) is 1.69. The van der Waals surface area contributed by atoms with E-state index in [1.165, 1.54) is 0 Å². The minimum Gasteiger partial charge on any atom is -0.381 e. The molecule has 1 aliphatic heterocycles. The Morgan fingerprint density at radius 3 is 2.50 bits per heavy atom. The maximum Gasteiger partial charge on any atom is 0.251 e. The van der Waals surface area contributed by atoms with E-state index in [1.54, 1.807) is 31.2 Å². The summed E-state index contributed by atoms with van der Waals surface area (Å²) < 4.78 is 5.27. The predicted molar refractivity (Wildman–Crippen MR) is 84.6 cm³/mol. The van der Waals surface area contributed by atoms with Crippen molar-refractivity contribution in [3.8, 4) is 0 Å². The first-order chi connectivity index (χ1) is 10.6. The van der Waals surface area contributed by atoms with E-state index in [4.69, 9.17) is 10.5 Å². The van der Waals surface area contributed by atoms with Gasteiger partial charge in [0.2, 0.25) is 5.91 Å². The Hall–Kier alpha value is -1.92. The third-order valence-electron chi connectivity index (χ3n) is 3.77. The fourth-order valence-corrected chi connectivity index (χ4v) is 2.19. The van der Waals surface area contributed by atoms with Gasteiger partial charge in [-0.05, 0) is 37.1 Å². The average Bonchev–Trinajstić information content (AvgIpc) is 2.55. The number of hydrogen-bond acceptors (Lipinski definition) is 4. The molecule has 0 bridgehead atoms. The summed E-state index contributed by atoms with van der Waals surface area (Å²) in [6.45, 7) is 3.45. The molecule has 4 N–H and O–H groups in total. The molecule has 1 fully saturated rings. The molecule has 1 aromatic carbocycles. The standard InChI is InChI=1S/C16H23N3O3/c1-11(10-17)15(20)18-13-4-2-12(3-5-13)16(21)19-14-6-8-22-9-7-14/h2-5,11,14H,6-10,17H2,1H3,(H,18,20)(H,19,21). The molecular weight excluding hydrogens is 282 g/mol. The second-order valence-corrected chi connectivity index (χ2v) is 5.56. The summed E-state index contributed by atoms with van der Waals surface area (Å²) in [7, 11) is 0. The van der Waals surface area contributed by atoms with Crippen LogP contribution in [0, 0.1) is 5.92 Å². The third kappa shape index (κ3) is 4.54. The van der Waals surface area contributed by atoms with Crippen molar-refractivity contribution >= 4 is 17.5 Å². The summed E-state index contributed by atoms with van der Waals surface area (Å²) in [6, 6.07) is 7.03. The minimum atomic E-state index is -0.239. The monoisotopic (exact) mass is 305 g/mol. The van der Waals surface area contributed by atoms with Crippen LogP contribution in [0.25, 0.3) is 0 Å². The van der Waals surface area contributed by atoms with E-state index in [2.05, 4.69) is 10.6 Å². The van der Waals surface area contributed by atoms with Crippen LogP contribution in [0.15, 0.2) is 24.3 Å². The van der Waals surface area contributed by atoms with Gasteiger partial charge in [-0.25, -0.2) is 0 Å². The zero-order chi connectivity index (χ0) is 15.9. The number of nitrogens with two attached hydrogens (primary N) is 1. The molecule has 2 rings (SSSR count). The zero-order valence-corrected chi connectivity index (χ0v) is 12.8. The van der Waals surface area contributed by atoms with Gasteiger partial charge in [0, 0.05) is 43.0 Å². The summed E-state index contributed by atoms with van der Waals surface area (Å²) in [5.74, 6) is -0.460. The molecule has 6 heteroatoms. The SMILES string of the molecule is CC(CN)C(=O)Nc1ccc(C(=O)NC2CCOCC2)cc1. The molecule has 0 radical (unpaired) electrons. The molecule has 22 heavy (non-hydrogen) atoms. The van der Waals surface area contributed by atoms with Gasteiger partial charge in [0.05, 0.1) is 0 Å². The normalized spacial score (nSPS) is 16.8. The first kappa shape index (κ1) is 16.5. The average molecular weight is 305 g/mol. The first-order valence-electron chi connectivity index (χ1n) is 7.59. The zero-order valence-electron chi connectivity index (χ0n) is 12.8. The Labute approximate surface area is 130 Å². The Bertz CT molecular complexity index is 510. The summed E-state index contributed by atoms with van der Waals surface area (Å²) in [5, 5.41) is 5.77. The van der Waals surface area contributed by atoms with E-state index in [-0.39, 0.29) is 23.8 Å². The predicted octanol–water partition coefficient (Wildman–Crippen LogP) is 1.13. The van der Waals surface area contributed by atoms with Crippen LogP contribution in [0.3, 0.4) is 0 Å². The van der Waals surface area contributed by atoms with Gasteiger partial charge < -0.3 is 21.1 Å². The molecule has 1 aromatic rings. The van der Waals surface area contributed by atoms with E-state index < -0.39 is 0 Å². The molecule has 2 amide bonds. The van der Waals surface area contributed by atoms with Crippen LogP contribution in [0.1, 0.15) is 30.1 Å². The first-order valence-corrected chi connectivity index (χ1v) is 7.59. The lowest BCUT2D eigenvalue weighted by molar-refractivity contribution is -0.119. The molecule has 0 saturated carbocycles. The number of carbonyl (C=O) groups is 2. The van der Waals surface area contributed by atoms with Crippen molar-refractivity contribution in [1.82, 2.24) is 5.32 Å². The van der Waals surface area contributed by atoms with Crippen molar-refractivity contribution in [2.75, 3.05) is 25.1 Å². The van der Waals surface area contributed by atoms with Gasteiger partial charge in [0.15, 0.2) is 0 Å². The second-order valence-electron chi connectivity index (χ2n) is 5.56. The van der Waals surface area contributed by atoms with Crippen LogP contribution in [-0.2, 0) is 9.53 Å². The number of ether oxygens (including phenoxy) is 1. The van der Waals surface area contributed by atoms with Gasteiger partial charge in [-0.2, -0.15) is 0 Å². The van der Waals surface area contributed by atoms with Crippen molar-refractivity contribution in [3.63, 3.8) is 0 Å². The van der Waals surface area contributed by atoms with Crippen LogP contribution in [0.5, 0.6) is 0 Å². The third-order valence-corrected chi connectivity index (χ3v) is 3.77. The smallest absolute Gasteiger partial charge is 0.251 e. The van der Waals surface area contributed by atoms with Gasteiger partial charge in [0.25, 0.3) is 5.91 Å². The fourth-order valence-electron chi connectivity index (χ4n) is 2.19. The molecule has 1 unspecified atom stereocenters. The highest BCUT2D eigenvalue weighted by atomic mass is 16.5. The lowest BCUT2D eigenvalue weighted by atomic mass is 10.1. The van der Waals surface area contributed by atoms with E-state index in [0.29, 0.717) is 31.0 Å². The van der Waals surface area contributed by atoms with Crippen molar-refractivity contribution in [3.05, 3.63) is 29.8 Å². The maximum absolute atomic E-state index is 12.1. The van der Waals surface area contributed by atoms with Crippen molar-refractivity contribution in [2.45, 2.75) is 25.8 Å². The highest BCUT2D eigenvalue weighted by Crippen LogP contribution is 2.12. The number of amides is 2. The highest BCUT2D eigenvalue weighted by molar-refractivity contribution is 5.96. The molecule has 6 nitrogen and oxygen atoms in total. The summed E-state index contributed by atoms with van der Waals surface area (Å²) in [5.41, 5.74) is 6.70. The number of anilines is 1. The number of benzene rings is 1. The molecule has 0 spiro atoms. The van der Waals surface area contributed by atoms with Gasteiger partial charge in [-0.3, -0.25) is 9.59 Å². The molecule has 1 atom stereocenters. The van der Waals surface area contributed by atoms with Gasteiger partial charge in [0.1, 0.15) is 0 Å². The van der Waals surface area contributed by atoms with E-state index in [9.17, 15) is 9.59 Å². The highest BCUT2D eigenvalue weighted by Gasteiger charge is 2.17. The number of nitrogens with one attached hydrogen (secondary N) is 2. The van der Waals surface area contributed by atoms with Crippen LogP contribution in [0.2, 0.25) is 0 Å². The summed E-state index contributed by atoms with van der Waals surface area (Å²) in [4.78, 5) is 23.9. The summed E-state index contributed by atoms with van der Waals surface area (Å²) >= 11 is 0. The number of carbonyl (C=O) groups excluding carboxylic acids is 2. The lowest BCUT2D eigenvalue weighted by Crippen LogP contribution is -2.38. The topological polar surface area (TPSA) is 93.5 Å². The minimum absolute atomic E-state index is 0.0971. The Kier molecular flexibility index (Phi) is 5.91. The fraction of sp³-hybridized carbons (Fsp3) is 0.500. The maximum atomic E-state index is 12.1. The molecule has 0 aromatic heterocycles. The second kappa shape index (κ2) is 7.91. The van der Waals surface area contributed by atoms with Crippen LogP contribution >= 0.6 is 0 Å². The van der Waals surface area contributed by atoms with E-state index >= 15 is 0 Å². The van der Waals surface area contributed by atoms with Crippen molar-refractivity contribution in [2.24, 2.45) is 11.7 Å². The molecular formula is C16H23N3O3. The quantitative estimate of drug-likeness (QED) is 0.760. The molecule has 120 valence electrons. The van der Waals surface area contributed by atoms with Gasteiger partial charge in [-0.1, -0.05) is 6.92 Å². The van der Waals surface area contributed by atoms with Gasteiger partial charge in [-0.15, -0.1) is 0 Å². The van der Waals surface area contributed by atoms with Crippen LogP contribution < -0.4 is 16.4 Å². The van der Waals surface area contributed by atoms with E-state index in [1.807, 2.05) is 0 Å². The molecule has 1 saturated heterocycles. The largest absolute Gasteiger partial charge is 0.381 e. The molecule has 1 aliphatic rings. The lowest BCUT2D eigenvalue weighted by Gasteiger charge is -2.23. The molecule has 0 aliphatic carbocycles. The Morgan fingerprint density at radius 2 is 1.91 bits per heavy atom. The Morgan fingerprint density at radius 1 is 1.27 bits per heavy atom. The van der Waals surface area contributed by atoms with Gasteiger partial charge >= 0.3 is 0 Å². The molecule has 1 heterocycles. The number of hydrogen-bond donors (Lipinski definition) is 3. The van der Waals surface area contributed by atoms with E-state index in [0.717, 1.165) is 12.8 Å². The van der Waals surface area contributed by atoms with Crippen molar-refractivity contribution in [1.29, 1.82) is 0 Å². The Balaban J connectivity index is 1.90. The number of rotatable bonds is 5.